The monoisotopic (exact) mass is 1550 g/mol. The lowest BCUT2D eigenvalue weighted by Crippen LogP contribution is -2.26. The maximum atomic E-state index is 13.9. The van der Waals surface area contributed by atoms with E-state index in [1.165, 1.54) is 127 Å². The standard InChI is InChI=1S/C31H33FN2O3S.C30H31FN2O3S.C29H29FN2O3S/c1-4-5-13-34-14-12-23(18-34)33-22-6-9-25(10-7-22)37-30-26-11-8-24(35)17-27(26)38-31(30)29(36)28-19(2)15-21(32)16-20(28)3;1-3-4-14-33-15-13-22(18-33)32-21-6-9-24(10-7-21)36-29-26-12-8-23(34)17-27(26)37-30(29)28(35)25-11-5-20(31)16-19(25)2;1-2-3-15-32-16-14-22(18-32)31-21-8-11-24(12-9-21)35-28-25-13-10-23(33)17-26(25)36-29(28)27(34)19-4-6-20(30)7-5-19/h6-11,15-17,23,33,35H,4-5,12-14,18H2,1-3H3;5-12,16-17,22,32,34H,3-4,13-15,18H2,1-2H3;4-13,17,22,31,33H,2-3,14-16,18H2,1H3/t23-;2*22-/m110/s1. The Kier molecular flexibility index (Phi) is 25.8. The summed E-state index contributed by atoms with van der Waals surface area (Å²) in [5, 5.41) is 43.1. The number of phenolic OH excluding ortho intramolecular Hbond substituents is 3. The van der Waals surface area contributed by atoms with Crippen molar-refractivity contribution >= 4 is 98.7 Å². The minimum atomic E-state index is -0.399. The number of anilines is 3. The number of nitrogens with one attached hydrogen (secondary N) is 3. The Labute approximate surface area is 657 Å². The molecule has 21 heteroatoms. The van der Waals surface area contributed by atoms with Gasteiger partial charge in [-0.15, -0.1) is 34.0 Å². The molecular formula is C90H93F3N6O9S3. The summed E-state index contributed by atoms with van der Waals surface area (Å²) in [5.41, 5.74) is 6.09. The van der Waals surface area contributed by atoms with Gasteiger partial charge in [0.15, 0.2) is 17.2 Å². The van der Waals surface area contributed by atoms with Crippen LogP contribution in [-0.4, -0.2) is 124 Å². The highest BCUT2D eigenvalue weighted by molar-refractivity contribution is 7.22. The molecule has 15 rings (SSSR count). The zero-order valence-electron chi connectivity index (χ0n) is 63.3. The molecule has 3 aromatic heterocycles. The van der Waals surface area contributed by atoms with Gasteiger partial charge in [0.05, 0.1) is 0 Å². The van der Waals surface area contributed by atoms with E-state index < -0.39 is 5.82 Å². The van der Waals surface area contributed by atoms with Crippen LogP contribution in [0.15, 0.2) is 182 Å². The van der Waals surface area contributed by atoms with E-state index in [2.05, 4.69) is 51.4 Å². The van der Waals surface area contributed by atoms with Crippen LogP contribution in [0, 0.1) is 38.2 Å². The fourth-order valence-electron chi connectivity index (χ4n) is 14.6. The number of ketones is 3. The number of ether oxygens (including phenoxy) is 3. The molecule has 0 saturated carbocycles. The summed E-state index contributed by atoms with van der Waals surface area (Å²) < 4.78 is 62.1. The van der Waals surface area contributed by atoms with Gasteiger partial charge in [-0.1, -0.05) is 40.0 Å². The highest BCUT2D eigenvalue weighted by atomic mass is 32.1. The van der Waals surface area contributed by atoms with Gasteiger partial charge in [-0.05, 0) is 278 Å². The van der Waals surface area contributed by atoms with E-state index in [1.54, 1.807) is 75.4 Å². The van der Waals surface area contributed by atoms with Crippen molar-refractivity contribution in [3.8, 4) is 51.7 Å². The van der Waals surface area contributed by atoms with E-state index in [-0.39, 0.29) is 46.2 Å². The zero-order valence-corrected chi connectivity index (χ0v) is 65.7. The highest BCUT2D eigenvalue weighted by Crippen LogP contribution is 2.47. The predicted octanol–water partition coefficient (Wildman–Crippen LogP) is 22.1. The van der Waals surface area contributed by atoms with Crippen molar-refractivity contribution < 1.29 is 57.1 Å². The number of aromatic hydroxyl groups is 3. The van der Waals surface area contributed by atoms with Crippen LogP contribution in [0.25, 0.3) is 30.3 Å². The van der Waals surface area contributed by atoms with Gasteiger partial charge < -0.3 is 60.2 Å². The molecule has 0 unspecified atom stereocenters. The molecule has 111 heavy (non-hydrogen) atoms. The summed E-state index contributed by atoms with van der Waals surface area (Å²) in [6.07, 6.45) is 10.7. The number of thiophene rings is 3. The SMILES string of the molecule is CCCCN1CC[C@@H](Nc2ccc(Oc3c(C(=O)c4c(C)cc(F)cc4C)sc4cc(O)ccc34)cc2)C1.CCCCN1CC[C@@H](Nc2ccc(Oc3c(C(=O)c4ccc(F)cc4C)sc4cc(O)ccc34)cc2)C1.CCCCN1CC[C@H](Nc2ccc(Oc3c(C(=O)c4ccc(F)cc4)sc4cc(O)ccc34)cc2)C1. The Morgan fingerprint density at radius 1 is 0.405 bits per heavy atom. The number of benzene rings is 9. The molecule has 0 spiro atoms. The van der Waals surface area contributed by atoms with Gasteiger partial charge in [0.25, 0.3) is 0 Å². The summed E-state index contributed by atoms with van der Waals surface area (Å²) >= 11 is 3.77. The van der Waals surface area contributed by atoms with Gasteiger partial charge in [0.1, 0.15) is 66.6 Å². The van der Waals surface area contributed by atoms with Crippen LogP contribution >= 0.6 is 34.0 Å². The van der Waals surface area contributed by atoms with Crippen LogP contribution in [-0.2, 0) is 0 Å². The van der Waals surface area contributed by atoms with Crippen LogP contribution in [0.2, 0.25) is 0 Å². The van der Waals surface area contributed by atoms with Gasteiger partial charge in [-0.3, -0.25) is 14.4 Å². The zero-order chi connectivity index (χ0) is 77.8. The number of unbranched alkanes of at least 4 members (excludes halogenated alkanes) is 3. The Morgan fingerprint density at radius 3 is 1.11 bits per heavy atom. The number of carbonyl (C=O) groups excluding carboxylic acids is 3. The second kappa shape index (κ2) is 36.3. The Hall–Kier alpha value is -10.3. The quantitative estimate of drug-likeness (QED) is 0.0267. The maximum Gasteiger partial charge on any atom is 0.207 e. The summed E-state index contributed by atoms with van der Waals surface area (Å²) in [7, 11) is 0. The molecular weight excluding hydrogens is 1460 g/mol. The first kappa shape index (κ1) is 78.8. The van der Waals surface area contributed by atoms with E-state index in [4.69, 9.17) is 14.2 Å². The lowest BCUT2D eigenvalue weighted by Gasteiger charge is -2.17. The molecule has 9 aromatic carbocycles. The minimum Gasteiger partial charge on any atom is -0.508 e. The van der Waals surface area contributed by atoms with Gasteiger partial charge >= 0.3 is 0 Å². The molecule has 0 radical (unpaired) electrons. The van der Waals surface area contributed by atoms with Crippen molar-refractivity contribution in [3.63, 3.8) is 0 Å². The Balaban J connectivity index is 0.000000146. The molecule has 6 N–H and O–H groups in total. The van der Waals surface area contributed by atoms with Gasteiger partial charge in [0, 0.05) is 121 Å². The van der Waals surface area contributed by atoms with Crippen molar-refractivity contribution in [3.05, 3.63) is 247 Å². The van der Waals surface area contributed by atoms with Crippen molar-refractivity contribution in [2.24, 2.45) is 0 Å². The lowest BCUT2D eigenvalue weighted by atomic mass is 9.97. The molecule has 0 bridgehead atoms. The topological polar surface area (TPSA) is 185 Å². The summed E-state index contributed by atoms with van der Waals surface area (Å²) in [6, 6.07) is 51.9. The first-order valence-corrected chi connectivity index (χ1v) is 40.7. The van der Waals surface area contributed by atoms with Crippen LogP contribution in [0.1, 0.15) is 141 Å². The van der Waals surface area contributed by atoms with E-state index in [1.807, 2.05) is 72.8 Å². The van der Waals surface area contributed by atoms with E-state index >= 15 is 0 Å². The first-order valence-electron chi connectivity index (χ1n) is 38.2. The van der Waals surface area contributed by atoms with E-state index in [0.29, 0.717) is 101 Å². The van der Waals surface area contributed by atoms with E-state index in [9.17, 15) is 42.9 Å². The molecule has 0 amide bonds. The number of hydrogen-bond donors (Lipinski definition) is 6. The van der Waals surface area contributed by atoms with Crippen molar-refractivity contribution in [2.45, 2.75) is 117 Å². The summed E-state index contributed by atoms with van der Waals surface area (Å²) in [6.45, 7) is 21.9. The molecule has 15 nitrogen and oxygen atoms in total. The van der Waals surface area contributed by atoms with Crippen molar-refractivity contribution in [1.29, 1.82) is 0 Å². The second-order valence-electron chi connectivity index (χ2n) is 28.9. The number of phenols is 3. The molecule has 0 aliphatic carbocycles. The molecule has 6 heterocycles. The third-order valence-corrected chi connectivity index (χ3v) is 23.8. The predicted molar refractivity (Wildman–Crippen MR) is 444 cm³/mol. The Bertz CT molecular complexity index is 5240. The van der Waals surface area contributed by atoms with Gasteiger partial charge in [-0.25, -0.2) is 13.2 Å². The van der Waals surface area contributed by atoms with Gasteiger partial charge in [-0.2, -0.15) is 0 Å². The van der Waals surface area contributed by atoms with Gasteiger partial charge in [0.2, 0.25) is 17.3 Å². The summed E-state index contributed by atoms with van der Waals surface area (Å²) in [4.78, 5) is 49.3. The fourth-order valence-corrected chi connectivity index (χ4v) is 17.9. The molecule has 3 saturated heterocycles. The van der Waals surface area contributed by atoms with Crippen LogP contribution in [0.5, 0.6) is 51.7 Å². The molecule has 3 atom stereocenters. The number of likely N-dealkylation sites (tertiary alicyclic amines) is 3. The third-order valence-electron chi connectivity index (χ3n) is 20.4. The number of hydrogen-bond acceptors (Lipinski definition) is 18. The van der Waals surface area contributed by atoms with Crippen molar-refractivity contribution in [2.75, 3.05) is 74.9 Å². The Morgan fingerprint density at radius 2 is 0.748 bits per heavy atom. The highest BCUT2D eigenvalue weighted by Gasteiger charge is 2.30. The van der Waals surface area contributed by atoms with Crippen molar-refractivity contribution in [1.82, 2.24) is 14.7 Å². The van der Waals surface area contributed by atoms with Crippen LogP contribution in [0.3, 0.4) is 0 Å². The van der Waals surface area contributed by atoms with E-state index in [0.717, 1.165) is 125 Å². The average molecular weight is 1560 g/mol. The smallest absolute Gasteiger partial charge is 0.207 e. The molecule has 576 valence electrons. The normalized spacial score (nSPS) is 15.8. The lowest BCUT2D eigenvalue weighted by molar-refractivity contribution is 0.103. The fraction of sp³-hybridized carbons (Fsp3) is 0.300. The number of nitrogens with zero attached hydrogens (tertiary/aromatic N) is 3. The molecule has 3 aliphatic heterocycles. The molecule has 3 fully saturated rings. The number of aryl methyl sites for hydroxylation is 3. The number of carbonyl (C=O) groups is 3. The first-order chi connectivity index (χ1) is 53.7. The van der Waals surface area contributed by atoms with Crippen LogP contribution in [0.4, 0.5) is 30.2 Å². The molecule has 12 aromatic rings. The maximum absolute atomic E-state index is 13.9. The average Bonchev–Trinajstić information content (AvgIpc) is 1.65. The number of halogens is 3. The molecule has 3 aliphatic rings. The minimum absolute atomic E-state index is 0.117. The second-order valence-corrected chi connectivity index (χ2v) is 32.1. The largest absolute Gasteiger partial charge is 0.508 e. The third kappa shape index (κ3) is 19.6. The number of rotatable bonds is 27. The summed E-state index contributed by atoms with van der Waals surface area (Å²) in [5.74, 6) is 1.66. The van der Waals surface area contributed by atoms with Crippen LogP contribution < -0.4 is 30.2 Å². The number of fused-ring (bicyclic) bond motifs is 3.